The summed E-state index contributed by atoms with van der Waals surface area (Å²) in [6.07, 6.45) is -7.09. The van der Waals surface area contributed by atoms with Crippen LogP contribution in [0.5, 0.6) is 0 Å². The van der Waals surface area contributed by atoms with Gasteiger partial charge in [0.05, 0.1) is 37.4 Å². The van der Waals surface area contributed by atoms with Crippen LogP contribution < -0.4 is 34.0 Å². The lowest BCUT2D eigenvalue weighted by molar-refractivity contribution is -0.318. The van der Waals surface area contributed by atoms with E-state index in [0.717, 1.165) is 32.2 Å². The number of aliphatic hydroxyl groups excluding tert-OH is 4. The van der Waals surface area contributed by atoms with Gasteiger partial charge in [0.25, 0.3) is 0 Å². The number of hydrogen-bond donors (Lipinski definition) is 11. The molecule has 16 N–H and O–H groups in total. The van der Waals surface area contributed by atoms with Crippen molar-refractivity contribution in [3.05, 3.63) is 0 Å². The fourth-order valence-electron chi connectivity index (χ4n) is 6.65. The van der Waals surface area contributed by atoms with Gasteiger partial charge in [-0.2, -0.15) is 0 Å². The second kappa shape index (κ2) is 16.1. The summed E-state index contributed by atoms with van der Waals surface area (Å²) >= 11 is 0. The Bertz CT molecular complexity index is 905. The van der Waals surface area contributed by atoms with Crippen LogP contribution in [0, 0.1) is 11.8 Å². The normalized spacial score (nSPS) is 44.6. The van der Waals surface area contributed by atoms with Gasteiger partial charge >= 0.3 is 0 Å². The lowest BCUT2D eigenvalue weighted by Crippen LogP contribution is -2.66. The minimum atomic E-state index is -1.53. The van der Waals surface area contributed by atoms with Crippen molar-refractivity contribution in [3.63, 3.8) is 0 Å². The molecule has 17 nitrogen and oxygen atoms in total. The fraction of sp³-hybridized carbons (Fsp3) is 0.963. The SMILES string of the molecule is NCCN(O)C(=O)C[C@@H]1C[C@H](N)C(O[C@H]2O[C@H](CN)CC[C@H]2NCC2CC(N)C2)[C@H](O)[C@H]1O[C@H]1O[C@H](CO)[C@@H](O)[C@H](N)[C@H]1O. The van der Waals surface area contributed by atoms with Crippen molar-refractivity contribution < 1.29 is 49.4 Å². The molecule has 0 spiro atoms. The van der Waals surface area contributed by atoms with Gasteiger partial charge in [0, 0.05) is 31.6 Å². The van der Waals surface area contributed by atoms with Crippen LogP contribution in [0.2, 0.25) is 0 Å². The van der Waals surface area contributed by atoms with Crippen LogP contribution in [0.15, 0.2) is 0 Å². The van der Waals surface area contributed by atoms with E-state index in [-0.39, 0.29) is 50.7 Å². The van der Waals surface area contributed by atoms with E-state index < -0.39 is 79.7 Å². The Morgan fingerprint density at radius 1 is 0.932 bits per heavy atom. The first kappa shape index (κ1) is 35.7. The van der Waals surface area contributed by atoms with Gasteiger partial charge in [0.2, 0.25) is 5.91 Å². The van der Waals surface area contributed by atoms with Gasteiger partial charge in [-0.25, -0.2) is 5.06 Å². The second-order valence-electron chi connectivity index (χ2n) is 12.7. The summed E-state index contributed by atoms with van der Waals surface area (Å²) in [5.74, 6) is -0.969. The maximum Gasteiger partial charge on any atom is 0.246 e. The van der Waals surface area contributed by atoms with Crippen molar-refractivity contribution >= 4 is 5.91 Å². The number of carbonyl (C=O) groups excluding carboxylic acids is 1. The number of hydroxylamine groups is 2. The van der Waals surface area contributed by atoms with Crippen molar-refractivity contribution in [1.29, 1.82) is 0 Å². The number of hydrogen-bond acceptors (Lipinski definition) is 16. The zero-order chi connectivity index (χ0) is 32.1. The Hall–Kier alpha value is -1.13. The summed E-state index contributed by atoms with van der Waals surface area (Å²) in [7, 11) is 0. The number of amides is 1. The number of nitrogens with zero attached hydrogens (tertiary/aromatic N) is 1. The Morgan fingerprint density at radius 3 is 2.27 bits per heavy atom. The standard InChI is InChI=1S/C27H53N7O10/c28-3-4-34(40)19(36)8-13-7-16(31)25(23(39)24(13)43-27-22(38)20(32)21(37)18(11-35)42-27)44-26-17(2-1-15(9-29)41-26)33-10-12-5-14(30)6-12/h12-18,20-27,33,35,37-40H,1-11,28-32H2/t12?,13-,14?,15-,16-,17+,18+,20-,21+,22+,23+,24-,25?,26+,27+/m0/s1. The van der Waals surface area contributed by atoms with Crippen molar-refractivity contribution in [1.82, 2.24) is 10.4 Å². The second-order valence-corrected chi connectivity index (χ2v) is 12.7. The minimum Gasteiger partial charge on any atom is -0.394 e. The maximum atomic E-state index is 12.8. The highest BCUT2D eigenvalue weighted by atomic mass is 16.7. The van der Waals surface area contributed by atoms with Gasteiger partial charge < -0.3 is 73.4 Å². The average Bonchev–Trinajstić information content (AvgIpc) is 2.99. The van der Waals surface area contributed by atoms with E-state index in [0.29, 0.717) is 11.0 Å². The van der Waals surface area contributed by atoms with Gasteiger partial charge in [0.1, 0.15) is 30.5 Å². The lowest BCUT2D eigenvalue weighted by Gasteiger charge is -2.48. The molecule has 2 aliphatic carbocycles. The van der Waals surface area contributed by atoms with Crippen LogP contribution in [-0.2, 0) is 23.7 Å². The number of rotatable bonds is 13. The van der Waals surface area contributed by atoms with Crippen molar-refractivity contribution in [2.45, 2.75) is 118 Å². The summed E-state index contributed by atoms with van der Waals surface area (Å²) in [6.45, 7) is 0.349. The van der Waals surface area contributed by atoms with Crippen LogP contribution in [0.1, 0.15) is 38.5 Å². The van der Waals surface area contributed by atoms with E-state index >= 15 is 0 Å². The molecule has 4 rings (SSSR count). The smallest absolute Gasteiger partial charge is 0.246 e. The molecule has 0 aromatic carbocycles. The summed E-state index contributed by atoms with van der Waals surface area (Å²) in [4.78, 5) is 12.8. The third-order valence-electron chi connectivity index (χ3n) is 9.38. The quantitative estimate of drug-likeness (QED) is 0.0666. The highest BCUT2D eigenvalue weighted by Gasteiger charge is 2.51. The van der Waals surface area contributed by atoms with Crippen molar-refractivity contribution in [2.75, 3.05) is 32.8 Å². The molecule has 0 aromatic heterocycles. The first-order chi connectivity index (χ1) is 21.0. The molecule has 2 saturated heterocycles. The highest BCUT2D eigenvalue weighted by molar-refractivity contribution is 5.75. The molecule has 0 radical (unpaired) electrons. The van der Waals surface area contributed by atoms with Gasteiger partial charge in [-0.15, -0.1) is 0 Å². The first-order valence-corrected chi connectivity index (χ1v) is 15.6. The molecular weight excluding hydrogens is 582 g/mol. The fourth-order valence-corrected chi connectivity index (χ4v) is 6.65. The molecule has 0 aromatic rings. The molecule has 44 heavy (non-hydrogen) atoms. The Kier molecular flexibility index (Phi) is 13.1. The average molecular weight is 636 g/mol. The molecule has 4 fully saturated rings. The molecule has 0 bridgehead atoms. The summed E-state index contributed by atoms with van der Waals surface area (Å²) in [5.41, 5.74) is 29.8. The summed E-state index contributed by atoms with van der Waals surface area (Å²) in [5, 5.41) is 56.5. The Balaban J connectivity index is 1.52. The van der Waals surface area contributed by atoms with E-state index in [4.69, 9.17) is 47.6 Å². The van der Waals surface area contributed by atoms with E-state index in [1.165, 1.54) is 0 Å². The molecule has 256 valence electrons. The Labute approximate surface area is 257 Å². The monoisotopic (exact) mass is 635 g/mol. The van der Waals surface area contributed by atoms with Crippen molar-refractivity contribution in [3.8, 4) is 0 Å². The van der Waals surface area contributed by atoms with Crippen molar-refractivity contribution in [2.24, 2.45) is 40.5 Å². The molecule has 1 unspecified atom stereocenters. The number of nitrogens with two attached hydrogens (primary N) is 5. The van der Waals surface area contributed by atoms with E-state index in [9.17, 15) is 30.4 Å². The molecule has 17 heteroatoms. The Morgan fingerprint density at radius 2 is 1.64 bits per heavy atom. The largest absolute Gasteiger partial charge is 0.394 e. The molecule has 13 atom stereocenters. The van der Waals surface area contributed by atoms with Crippen LogP contribution in [-0.4, -0.2) is 149 Å². The molecule has 2 saturated carbocycles. The van der Waals surface area contributed by atoms with Gasteiger partial charge in [-0.3, -0.25) is 10.0 Å². The molecular formula is C27H53N7O10. The van der Waals surface area contributed by atoms with Gasteiger partial charge in [-0.05, 0) is 50.5 Å². The number of carbonyl (C=O) groups is 1. The summed E-state index contributed by atoms with van der Waals surface area (Å²) < 4.78 is 24.2. The number of aliphatic hydroxyl groups is 4. The van der Waals surface area contributed by atoms with Crippen LogP contribution in [0.25, 0.3) is 0 Å². The zero-order valence-electron chi connectivity index (χ0n) is 25.0. The molecule has 2 heterocycles. The third kappa shape index (κ3) is 8.41. The summed E-state index contributed by atoms with van der Waals surface area (Å²) in [6, 6.07) is -1.99. The van der Waals surface area contributed by atoms with E-state index in [2.05, 4.69) is 5.32 Å². The van der Waals surface area contributed by atoms with Crippen LogP contribution in [0.4, 0.5) is 0 Å². The number of ether oxygens (including phenoxy) is 4. The molecule has 1 amide bonds. The van der Waals surface area contributed by atoms with Gasteiger partial charge in [-0.1, -0.05) is 0 Å². The predicted octanol–water partition coefficient (Wildman–Crippen LogP) is -5.04. The zero-order valence-corrected chi connectivity index (χ0v) is 25.0. The topological polar surface area (TPSA) is 301 Å². The third-order valence-corrected chi connectivity index (χ3v) is 9.38. The molecule has 2 aliphatic heterocycles. The van der Waals surface area contributed by atoms with E-state index in [1.807, 2.05) is 0 Å². The first-order valence-electron chi connectivity index (χ1n) is 15.6. The van der Waals surface area contributed by atoms with Crippen LogP contribution in [0.3, 0.4) is 0 Å². The predicted molar refractivity (Wildman–Crippen MR) is 154 cm³/mol. The van der Waals surface area contributed by atoms with E-state index in [1.54, 1.807) is 0 Å². The van der Waals surface area contributed by atoms with Gasteiger partial charge in [0.15, 0.2) is 12.6 Å². The van der Waals surface area contributed by atoms with Crippen LogP contribution >= 0.6 is 0 Å². The lowest BCUT2D eigenvalue weighted by atomic mass is 9.77. The maximum absolute atomic E-state index is 12.8. The molecule has 4 aliphatic rings. The highest BCUT2D eigenvalue weighted by Crippen LogP contribution is 2.36. The minimum absolute atomic E-state index is 0.0314. The number of nitrogens with one attached hydrogen (secondary N) is 1.